The van der Waals surface area contributed by atoms with Gasteiger partial charge in [0.25, 0.3) is 0 Å². The van der Waals surface area contributed by atoms with Crippen molar-refractivity contribution in [3.63, 3.8) is 0 Å². The monoisotopic (exact) mass is 263 g/mol. The van der Waals surface area contributed by atoms with E-state index in [4.69, 9.17) is 5.10 Å². The van der Waals surface area contributed by atoms with E-state index in [-0.39, 0.29) is 0 Å². The van der Waals surface area contributed by atoms with Crippen LogP contribution in [-0.2, 0) is 6.54 Å². The molecule has 108 valence electrons. The minimum absolute atomic E-state index is 0.559. The van der Waals surface area contributed by atoms with Gasteiger partial charge in [-0.15, -0.1) is 0 Å². The van der Waals surface area contributed by atoms with Crippen LogP contribution >= 0.6 is 0 Å². The maximum Gasteiger partial charge on any atom is 0.0762 e. The smallest absolute Gasteiger partial charge is 0.0762 e. The molecule has 0 radical (unpaired) electrons. The fourth-order valence-corrected chi connectivity index (χ4v) is 3.02. The Morgan fingerprint density at radius 1 is 1.32 bits per heavy atom. The summed E-state index contributed by atoms with van der Waals surface area (Å²) in [6.07, 6.45) is 9.96. The Balaban J connectivity index is 1.77. The van der Waals surface area contributed by atoms with Gasteiger partial charge in [-0.3, -0.25) is 4.68 Å². The Kier molecular flexibility index (Phi) is 5.03. The number of nitrogens with one attached hydrogen (secondary N) is 1. The van der Waals surface area contributed by atoms with Crippen molar-refractivity contribution in [2.24, 2.45) is 5.41 Å². The first-order chi connectivity index (χ1) is 9.23. The van der Waals surface area contributed by atoms with E-state index in [0.29, 0.717) is 11.5 Å². The molecule has 0 unspecified atom stereocenters. The van der Waals surface area contributed by atoms with E-state index < -0.39 is 0 Å². The first-order valence-corrected chi connectivity index (χ1v) is 7.97. The largest absolute Gasteiger partial charge is 0.311 e. The standard InChI is InChI=1S/C16H29N3/c1-4-8-16(9-10-16)13-17-12-14-7-11-19(18-14)15(5-2)6-3/h7,11,15,17H,4-6,8-10,12-13H2,1-3H3. The second-order valence-electron chi connectivity index (χ2n) is 6.11. The molecule has 1 fully saturated rings. The zero-order chi connectivity index (χ0) is 13.7. The maximum absolute atomic E-state index is 4.69. The average Bonchev–Trinajstić information content (AvgIpc) is 3.00. The lowest BCUT2D eigenvalue weighted by molar-refractivity contribution is 0.409. The van der Waals surface area contributed by atoms with Gasteiger partial charge in [0.05, 0.1) is 11.7 Å². The number of hydrogen-bond donors (Lipinski definition) is 1. The van der Waals surface area contributed by atoms with Crippen molar-refractivity contribution in [1.29, 1.82) is 0 Å². The molecule has 0 saturated heterocycles. The molecule has 1 aliphatic carbocycles. The number of nitrogens with zero attached hydrogens (tertiary/aromatic N) is 2. The molecule has 0 bridgehead atoms. The van der Waals surface area contributed by atoms with E-state index in [2.05, 4.69) is 43.0 Å². The topological polar surface area (TPSA) is 29.9 Å². The van der Waals surface area contributed by atoms with Gasteiger partial charge in [0, 0.05) is 19.3 Å². The van der Waals surface area contributed by atoms with Crippen LogP contribution in [0.25, 0.3) is 0 Å². The molecular weight excluding hydrogens is 234 g/mol. The van der Waals surface area contributed by atoms with E-state index in [9.17, 15) is 0 Å². The first kappa shape index (κ1) is 14.6. The van der Waals surface area contributed by atoms with Crippen molar-refractivity contribution in [2.75, 3.05) is 6.54 Å². The normalized spacial score (nSPS) is 17.1. The Bertz CT molecular complexity index is 375. The van der Waals surface area contributed by atoms with Crippen molar-refractivity contribution in [1.82, 2.24) is 15.1 Å². The van der Waals surface area contributed by atoms with Crippen molar-refractivity contribution in [3.05, 3.63) is 18.0 Å². The van der Waals surface area contributed by atoms with Crippen LogP contribution in [0, 0.1) is 5.41 Å². The lowest BCUT2D eigenvalue weighted by Gasteiger charge is -2.14. The molecule has 1 aromatic heterocycles. The zero-order valence-electron chi connectivity index (χ0n) is 12.8. The molecule has 3 nitrogen and oxygen atoms in total. The highest BCUT2D eigenvalue weighted by molar-refractivity contribution is 5.01. The lowest BCUT2D eigenvalue weighted by Crippen LogP contribution is -2.24. The Morgan fingerprint density at radius 3 is 2.63 bits per heavy atom. The maximum atomic E-state index is 4.69. The third-order valence-electron chi connectivity index (χ3n) is 4.52. The van der Waals surface area contributed by atoms with Crippen molar-refractivity contribution in [2.45, 2.75) is 71.9 Å². The summed E-state index contributed by atoms with van der Waals surface area (Å²) in [5.41, 5.74) is 1.81. The summed E-state index contributed by atoms with van der Waals surface area (Å²) in [5.74, 6) is 0. The Hall–Kier alpha value is -0.830. The number of rotatable bonds is 9. The second-order valence-corrected chi connectivity index (χ2v) is 6.11. The molecule has 0 aliphatic heterocycles. The molecule has 0 amide bonds. The summed E-state index contributed by atoms with van der Waals surface area (Å²) in [6.45, 7) is 8.83. The molecule has 1 saturated carbocycles. The van der Waals surface area contributed by atoms with Gasteiger partial charge >= 0.3 is 0 Å². The van der Waals surface area contributed by atoms with Crippen LogP contribution in [0.5, 0.6) is 0 Å². The zero-order valence-corrected chi connectivity index (χ0v) is 12.8. The molecule has 0 aromatic carbocycles. The second kappa shape index (κ2) is 6.56. The number of hydrogen-bond acceptors (Lipinski definition) is 2. The van der Waals surface area contributed by atoms with Gasteiger partial charge in [-0.05, 0) is 43.6 Å². The summed E-state index contributed by atoms with van der Waals surface area (Å²) >= 11 is 0. The fourth-order valence-electron chi connectivity index (χ4n) is 3.02. The predicted octanol–water partition coefficient (Wildman–Crippen LogP) is 3.91. The molecule has 2 rings (SSSR count). The van der Waals surface area contributed by atoms with Crippen LogP contribution in [0.15, 0.2) is 12.3 Å². The summed E-state index contributed by atoms with van der Waals surface area (Å²) in [4.78, 5) is 0. The molecule has 3 heteroatoms. The van der Waals surface area contributed by atoms with Crippen molar-refractivity contribution >= 4 is 0 Å². The molecule has 1 heterocycles. The highest BCUT2D eigenvalue weighted by atomic mass is 15.3. The molecular formula is C16H29N3. The van der Waals surface area contributed by atoms with E-state index in [1.54, 1.807) is 0 Å². The van der Waals surface area contributed by atoms with Crippen LogP contribution in [0.4, 0.5) is 0 Å². The van der Waals surface area contributed by atoms with Gasteiger partial charge in [-0.2, -0.15) is 5.10 Å². The fraction of sp³-hybridized carbons (Fsp3) is 0.812. The molecule has 0 spiro atoms. The van der Waals surface area contributed by atoms with Gasteiger partial charge < -0.3 is 5.32 Å². The van der Waals surface area contributed by atoms with E-state index in [1.165, 1.54) is 37.9 Å². The van der Waals surface area contributed by atoms with Gasteiger partial charge in [0.15, 0.2) is 0 Å². The van der Waals surface area contributed by atoms with Crippen LogP contribution in [0.3, 0.4) is 0 Å². The molecule has 0 atom stereocenters. The van der Waals surface area contributed by atoms with E-state index >= 15 is 0 Å². The summed E-state index contributed by atoms with van der Waals surface area (Å²) in [7, 11) is 0. The van der Waals surface area contributed by atoms with Gasteiger partial charge in [0.1, 0.15) is 0 Å². The highest BCUT2D eigenvalue weighted by Gasteiger charge is 2.40. The SMILES string of the molecule is CCCC1(CNCc2ccn(C(CC)CC)n2)CC1. The van der Waals surface area contributed by atoms with Gasteiger partial charge in [0.2, 0.25) is 0 Å². The third-order valence-corrected chi connectivity index (χ3v) is 4.52. The lowest BCUT2D eigenvalue weighted by atomic mass is 10.0. The van der Waals surface area contributed by atoms with Crippen LogP contribution in [-0.4, -0.2) is 16.3 Å². The van der Waals surface area contributed by atoms with Crippen LogP contribution in [0.2, 0.25) is 0 Å². The van der Waals surface area contributed by atoms with Gasteiger partial charge in [-0.1, -0.05) is 27.2 Å². The van der Waals surface area contributed by atoms with Crippen LogP contribution in [0.1, 0.15) is 71.0 Å². The first-order valence-electron chi connectivity index (χ1n) is 7.97. The van der Waals surface area contributed by atoms with Crippen molar-refractivity contribution < 1.29 is 0 Å². The molecule has 1 N–H and O–H groups in total. The summed E-state index contributed by atoms with van der Waals surface area (Å²) in [5, 5.41) is 8.29. The van der Waals surface area contributed by atoms with E-state index in [1.807, 2.05) is 0 Å². The van der Waals surface area contributed by atoms with Crippen molar-refractivity contribution in [3.8, 4) is 0 Å². The molecule has 1 aliphatic rings. The molecule has 19 heavy (non-hydrogen) atoms. The van der Waals surface area contributed by atoms with E-state index in [0.717, 1.165) is 19.4 Å². The summed E-state index contributed by atoms with van der Waals surface area (Å²) < 4.78 is 2.13. The predicted molar refractivity (Wildman–Crippen MR) is 80.1 cm³/mol. The Labute approximate surface area is 117 Å². The van der Waals surface area contributed by atoms with Crippen LogP contribution < -0.4 is 5.32 Å². The average molecular weight is 263 g/mol. The molecule has 1 aromatic rings. The minimum atomic E-state index is 0.559. The quantitative estimate of drug-likeness (QED) is 0.732. The highest BCUT2D eigenvalue weighted by Crippen LogP contribution is 2.48. The number of aromatic nitrogens is 2. The third kappa shape index (κ3) is 3.82. The van der Waals surface area contributed by atoms with Gasteiger partial charge in [-0.25, -0.2) is 0 Å². The Morgan fingerprint density at radius 2 is 2.05 bits per heavy atom. The summed E-state index contributed by atoms with van der Waals surface area (Å²) in [6, 6.07) is 2.72. The minimum Gasteiger partial charge on any atom is -0.311 e.